The van der Waals surface area contributed by atoms with Crippen LogP contribution >= 0.6 is 11.3 Å². The average molecular weight is 228 g/mol. The van der Waals surface area contributed by atoms with E-state index in [4.69, 9.17) is 5.11 Å². The van der Waals surface area contributed by atoms with Gasteiger partial charge in [-0.3, -0.25) is 4.79 Å². The van der Waals surface area contributed by atoms with Crippen molar-refractivity contribution >= 4 is 22.4 Å². The minimum absolute atomic E-state index is 0.144. The average Bonchev–Trinajstić information content (AvgIpc) is 2.42. The Morgan fingerprint density at radius 3 is 2.73 bits per heavy atom. The molecule has 0 aromatic carbocycles. The molecule has 0 saturated heterocycles. The van der Waals surface area contributed by atoms with E-state index in [0.717, 1.165) is 10.8 Å². The van der Waals surface area contributed by atoms with E-state index in [1.807, 2.05) is 20.8 Å². The maximum absolute atomic E-state index is 10.4. The minimum Gasteiger partial charge on any atom is -0.481 e. The molecule has 1 rings (SSSR count). The lowest BCUT2D eigenvalue weighted by molar-refractivity contribution is -0.137. The number of aromatic nitrogens is 1. The van der Waals surface area contributed by atoms with E-state index < -0.39 is 5.97 Å². The van der Waals surface area contributed by atoms with Crippen LogP contribution in [0, 0.1) is 13.8 Å². The molecule has 0 spiro atoms. The predicted molar refractivity (Wildman–Crippen MR) is 61.5 cm³/mol. The lowest BCUT2D eigenvalue weighted by Crippen LogP contribution is -2.16. The Bertz CT molecular complexity index is 330. The molecule has 15 heavy (non-hydrogen) atoms. The van der Waals surface area contributed by atoms with Crippen LogP contribution in [0.1, 0.15) is 30.3 Å². The van der Waals surface area contributed by atoms with Crippen molar-refractivity contribution < 1.29 is 9.90 Å². The van der Waals surface area contributed by atoms with Gasteiger partial charge >= 0.3 is 5.97 Å². The lowest BCUT2D eigenvalue weighted by atomic mass is 10.2. The summed E-state index contributed by atoms with van der Waals surface area (Å²) in [6, 6.07) is 0.144. The van der Waals surface area contributed by atoms with Gasteiger partial charge in [-0.1, -0.05) is 0 Å². The number of aliphatic carboxylic acids is 1. The standard InChI is InChI=1S/C10H16N2O2S/c1-6(4-5-9(13)14)11-10-12-7(2)8(3)15-10/h6H,4-5H2,1-3H3,(H,11,12)(H,13,14). The third kappa shape index (κ3) is 3.87. The molecule has 1 aromatic rings. The molecule has 84 valence electrons. The van der Waals surface area contributed by atoms with Crippen molar-refractivity contribution in [2.75, 3.05) is 5.32 Å². The molecule has 0 aliphatic carbocycles. The zero-order valence-corrected chi connectivity index (χ0v) is 10.0. The Labute approximate surface area is 93.4 Å². The van der Waals surface area contributed by atoms with Crippen LogP contribution < -0.4 is 5.32 Å². The summed E-state index contributed by atoms with van der Waals surface area (Å²) >= 11 is 1.61. The summed E-state index contributed by atoms with van der Waals surface area (Å²) < 4.78 is 0. The third-order valence-electron chi connectivity index (χ3n) is 2.19. The molecule has 1 aromatic heterocycles. The molecule has 5 heteroatoms. The molecule has 0 bridgehead atoms. The Kier molecular flexibility index (Phi) is 4.08. The number of carboxylic acids is 1. The fraction of sp³-hybridized carbons (Fsp3) is 0.600. The van der Waals surface area contributed by atoms with Gasteiger partial charge in [0.1, 0.15) is 0 Å². The maximum atomic E-state index is 10.4. The number of hydrogen-bond donors (Lipinski definition) is 2. The van der Waals surface area contributed by atoms with Crippen molar-refractivity contribution in [3.63, 3.8) is 0 Å². The topological polar surface area (TPSA) is 62.2 Å². The van der Waals surface area contributed by atoms with Gasteiger partial charge in [0.05, 0.1) is 5.69 Å². The first-order valence-corrected chi connectivity index (χ1v) is 5.73. The summed E-state index contributed by atoms with van der Waals surface area (Å²) in [5.41, 5.74) is 1.04. The monoisotopic (exact) mass is 228 g/mol. The number of nitrogens with zero attached hydrogens (tertiary/aromatic N) is 1. The molecule has 0 saturated carbocycles. The van der Waals surface area contributed by atoms with E-state index in [0.29, 0.717) is 6.42 Å². The number of rotatable bonds is 5. The number of thiazole rings is 1. The number of hydrogen-bond acceptors (Lipinski definition) is 4. The molecule has 0 radical (unpaired) electrons. The molecule has 0 fully saturated rings. The van der Waals surface area contributed by atoms with Gasteiger partial charge in [-0.05, 0) is 27.2 Å². The van der Waals surface area contributed by atoms with Gasteiger partial charge in [0.15, 0.2) is 5.13 Å². The second-order valence-corrected chi connectivity index (χ2v) is 4.84. The summed E-state index contributed by atoms with van der Waals surface area (Å²) in [6.45, 7) is 5.97. The van der Waals surface area contributed by atoms with E-state index in [1.54, 1.807) is 11.3 Å². The summed E-state index contributed by atoms with van der Waals surface area (Å²) in [7, 11) is 0. The number of anilines is 1. The zero-order chi connectivity index (χ0) is 11.4. The molecular weight excluding hydrogens is 212 g/mol. The van der Waals surface area contributed by atoms with Gasteiger partial charge in [0.25, 0.3) is 0 Å². The molecule has 4 nitrogen and oxygen atoms in total. The Hall–Kier alpha value is -1.10. The molecule has 1 atom stereocenters. The van der Waals surface area contributed by atoms with Crippen molar-refractivity contribution in [1.29, 1.82) is 0 Å². The smallest absolute Gasteiger partial charge is 0.303 e. The normalized spacial score (nSPS) is 12.5. The van der Waals surface area contributed by atoms with Crippen molar-refractivity contribution in [1.82, 2.24) is 4.98 Å². The Morgan fingerprint density at radius 2 is 2.27 bits per heavy atom. The number of aryl methyl sites for hydroxylation is 2. The van der Waals surface area contributed by atoms with Gasteiger partial charge in [0, 0.05) is 17.3 Å². The van der Waals surface area contributed by atoms with Gasteiger partial charge < -0.3 is 10.4 Å². The van der Waals surface area contributed by atoms with Crippen molar-refractivity contribution in [2.24, 2.45) is 0 Å². The summed E-state index contributed by atoms with van der Waals surface area (Å²) in [6.07, 6.45) is 0.810. The first-order valence-electron chi connectivity index (χ1n) is 4.91. The quantitative estimate of drug-likeness (QED) is 0.812. The molecule has 2 N–H and O–H groups in total. The fourth-order valence-corrected chi connectivity index (χ4v) is 2.08. The highest BCUT2D eigenvalue weighted by Crippen LogP contribution is 2.22. The van der Waals surface area contributed by atoms with E-state index in [1.165, 1.54) is 4.88 Å². The lowest BCUT2D eigenvalue weighted by Gasteiger charge is -2.10. The van der Waals surface area contributed by atoms with Gasteiger partial charge in [-0.25, -0.2) is 4.98 Å². The highest BCUT2D eigenvalue weighted by molar-refractivity contribution is 7.15. The predicted octanol–water partition coefficient (Wildman–Crippen LogP) is 2.43. The van der Waals surface area contributed by atoms with E-state index in [2.05, 4.69) is 10.3 Å². The number of nitrogens with one attached hydrogen (secondary N) is 1. The van der Waals surface area contributed by atoms with E-state index in [9.17, 15) is 4.79 Å². The minimum atomic E-state index is -0.754. The Balaban J connectivity index is 2.44. The summed E-state index contributed by atoms with van der Waals surface area (Å²) in [5.74, 6) is -0.754. The van der Waals surface area contributed by atoms with Crippen LogP contribution in [-0.2, 0) is 4.79 Å². The number of carbonyl (C=O) groups is 1. The van der Waals surface area contributed by atoms with Crippen LogP contribution in [0.5, 0.6) is 0 Å². The van der Waals surface area contributed by atoms with Gasteiger partial charge in [-0.2, -0.15) is 0 Å². The number of carboxylic acid groups (broad SMARTS) is 1. The first-order chi connectivity index (χ1) is 6.99. The molecule has 0 aliphatic heterocycles. The van der Waals surface area contributed by atoms with Crippen LogP contribution in [0.2, 0.25) is 0 Å². The molecule has 0 amide bonds. The third-order valence-corrected chi connectivity index (χ3v) is 3.19. The van der Waals surface area contributed by atoms with Crippen LogP contribution in [0.15, 0.2) is 0 Å². The summed E-state index contributed by atoms with van der Waals surface area (Å²) in [5, 5.41) is 12.6. The van der Waals surface area contributed by atoms with Crippen LogP contribution in [0.4, 0.5) is 5.13 Å². The fourth-order valence-electron chi connectivity index (χ4n) is 1.16. The maximum Gasteiger partial charge on any atom is 0.303 e. The SMILES string of the molecule is Cc1nc(NC(C)CCC(=O)O)sc1C. The van der Waals surface area contributed by atoms with E-state index >= 15 is 0 Å². The largest absolute Gasteiger partial charge is 0.481 e. The van der Waals surface area contributed by atoms with Crippen molar-refractivity contribution in [3.05, 3.63) is 10.6 Å². The second kappa shape index (κ2) is 5.11. The molecule has 0 aliphatic rings. The molecular formula is C10H16N2O2S. The highest BCUT2D eigenvalue weighted by atomic mass is 32.1. The van der Waals surface area contributed by atoms with Crippen molar-refractivity contribution in [3.8, 4) is 0 Å². The Morgan fingerprint density at radius 1 is 1.60 bits per heavy atom. The highest BCUT2D eigenvalue weighted by Gasteiger charge is 2.08. The van der Waals surface area contributed by atoms with Crippen LogP contribution in [-0.4, -0.2) is 22.1 Å². The first kappa shape index (κ1) is 12.0. The van der Waals surface area contributed by atoms with Crippen LogP contribution in [0.3, 0.4) is 0 Å². The van der Waals surface area contributed by atoms with Gasteiger partial charge in [0.2, 0.25) is 0 Å². The van der Waals surface area contributed by atoms with Crippen LogP contribution in [0.25, 0.3) is 0 Å². The second-order valence-electron chi connectivity index (χ2n) is 3.64. The molecule has 1 unspecified atom stereocenters. The zero-order valence-electron chi connectivity index (χ0n) is 9.20. The van der Waals surface area contributed by atoms with Crippen molar-refractivity contribution in [2.45, 2.75) is 39.7 Å². The van der Waals surface area contributed by atoms with Gasteiger partial charge in [-0.15, -0.1) is 11.3 Å². The summed E-state index contributed by atoms with van der Waals surface area (Å²) in [4.78, 5) is 15.9. The van der Waals surface area contributed by atoms with E-state index in [-0.39, 0.29) is 12.5 Å². The molecule has 1 heterocycles.